The predicted octanol–water partition coefficient (Wildman–Crippen LogP) is 4.09. The van der Waals surface area contributed by atoms with Gasteiger partial charge in [0.1, 0.15) is 11.5 Å². The third kappa shape index (κ3) is 8.10. The summed E-state index contributed by atoms with van der Waals surface area (Å²) in [7, 11) is 3.24. The summed E-state index contributed by atoms with van der Waals surface area (Å²) in [6.07, 6.45) is 2.82. The number of nitrogens with zero attached hydrogens (tertiary/aromatic N) is 3. The number of aromatic nitrogens is 1. The number of amides is 1. The molecule has 0 spiro atoms. The van der Waals surface area contributed by atoms with Crippen LogP contribution in [0.15, 0.2) is 90.6 Å². The molecule has 1 heterocycles. The van der Waals surface area contributed by atoms with Crippen molar-refractivity contribution in [2.75, 3.05) is 38.0 Å². The largest absolute Gasteiger partial charge is 0.497 e. The van der Waals surface area contributed by atoms with E-state index in [-0.39, 0.29) is 24.4 Å². The molecule has 5 N–H and O–H groups in total. The zero-order chi connectivity index (χ0) is 30.6. The van der Waals surface area contributed by atoms with Crippen LogP contribution in [0.3, 0.4) is 0 Å². The van der Waals surface area contributed by atoms with Crippen LogP contribution in [0, 0.1) is 5.82 Å². The number of ether oxygens (including phenoxy) is 2. The number of nitrogens with two attached hydrogens (primary N) is 2. The molecule has 4 rings (SSSR count). The van der Waals surface area contributed by atoms with E-state index in [4.69, 9.17) is 20.9 Å². The first-order valence-corrected chi connectivity index (χ1v) is 13.0. The molecule has 1 unspecified atom stereocenters. The van der Waals surface area contributed by atoms with Gasteiger partial charge in [-0.25, -0.2) is 14.4 Å². The third-order valence-electron chi connectivity index (χ3n) is 6.05. The SMILES string of the molecule is C/C=C(\C=O)C(=O)N(c1ccccc1)N(C)CC(O)CN.COc1ccc2c(Oc3ccc(N)cc3F)ccnc2c1. The predicted molar refractivity (Wildman–Crippen MR) is 161 cm³/mol. The number of hydrogen-bond donors (Lipinski definition) is 3. The summed E-state index contributed by atoms with van der Waals surface area (Å²) in [5, 5.41) is 13.3. The molecule has 1 aromatic heterocycles. The average Bonchev–Trinajstić information content (AvgIpc) is 3.00. The van der Waals surface area contributed by atoms with Crippen molar-refractivity contribution in [3.05, 3.63) is 96.5 Å². The highest BCUT2D eigenvalue weighted by molar-refractivity contribution is 6.17. The van der Waals surface area contributed by atoms with Crippen LogP contribution in [0.25, 0.3) is 10.9 Å². The molecular formula is C31H34FN5O5. The van der Waals surface area contributed by atoms with E-state index in [1.165, 1.54) is 23.2 Å². The van der Waals surface area contributed by atoms with E-state index in [0.29, 0.717) is 34.7 Å². The van der Waals surface area contributed by atoms with Gasteiger partial charge >= 0.3 is 0 Å². The standard InChI is InChI=1S/C16H13FN2O2.C15H21N3O3/c1-20-11-3-4-12-14(9-11)19-7-6-15(12)21-16-5-2-10(18)8-13(16)17;1-3-12(11-19)15(21)18(13-7-5-4-6-8-13)17(2)10-14(20)9-16/h2-9H,18H2,1H3;3-8,11,14,20H,9-10,16H2,1-2H3/b;12-3+. The fourth-order valence-electron chi connectivity index (χ4n) is 3.90. The number of para-hydroxylation sites is 1. The molecule has 1 atom stereocenters. The molecule has 0 saturated carbocycles. The monoisotopic (exact) mass is 575 g/mol. The highest BCUT2D eigenvalue weighted by atomic mass is 19.1. The zero-order valence-electron chi connectivity index (χ0n) is 23.6. The number of benzene rings is 3. The topological polar surface area (TPSA) is 144 Å². The molecule has 0 radical (unpaired) electrons. The average molecular weight is 576 g/mol. The molecule has 3 aromatic carbocycles. The second-order valence-corrected chi connectivity index (χ2v) is 9.03. The minimum absolute atomic E-state index is 0.0490. The summed E-state index contributed by atoms with van der Waals surface area (Å²) in [6, 6.07) is 20.3. The lowest BCUT2D eigenvalue weighted by atomic mass is 10.2. The van der Waals surface area contributed by atoms with Gasteiger partial charge in [-0.3, -0.25) is 14.6 Å². The minimum atomic E-state index is -0.765. The number of pyridine rings is 1. The van der Waals surface area contributed by atoms with Gasteiger partial charge in [-0.05, 0) is 49.4 Å². The van der Waals surface area contributed by atoms with Crippen molar-refractivity contribution in [3.8, 4) is 17.2 Å². The van der Waals surface area contributed by atoms with Crippen LogP contribution in [0.1, 0.15) is 6.92 Å². The van der Waals surface area contributed by atoms with E-state index in [1.54, 1.807) is 80.8 Å². The number of aliphatic hydroxyl groups is 1. The molecule has 0 aliphatic rings. The van der Waals surface area contributed by atoms with Gasteiger partial charge in [-0.1, -0.05) is 24.3 Å². The molecule has 0 bridgehead atoms. The Bertz CT molecular complexity index is 1530. The van der Waals surface area contributed by atoms with Crippen molar-refractivity contribution in [2.24, 2.45) is 5.73 Å². The van der Waals surface area contributed by atoms with E-state index < -0.39 is 17.8 Å². The van der Waals surface area contributed by atoms with Crippen LogP contribution in [0.4, 0.5) is 15.8 Å². The second-order valence-electron chi connectivity index (χ2n) is 9.03. The Kier molecular flexibility index (Phi) is 11.5. The van der Waals surface area contributed by atoms with E-state index in [2.05, 4.69) is 4.98 Å². The van der Waals surface area contributed by atoms with Gasteiger partial charge in [-0.15, -0.1) is 0 Å². The van der Waals surface area contributed by atoms with E-state index in [0.717, 1.165) is 5.39 Å². The summed E-state index contributed by atoms with van der Waals surface area (Å²) >= 11 is 0. The molecule has 0 saturated heterocycles. The van der Waals surface area contributed by atoms with Gasteiger partial charge in [0, 0.05) is 49.5 Å². The number of nitrogen functional groups attached to an aromatic ring is 1. The van der Waals surface area contributed by atoms with Gasteiger partial charge in [0.25, 0.3) is 5.91 Å². The van der Waals surface area contributed by atoms with Crippen molar-refractivity contribution in [3.63, 3.8) is 0 Å². The Morgan fingerprint density at radius 2 is 1.83 bits per heavy atom. The maximum absolute atomic E-state index is 13.8. The molecule has 220 valence electrons. The Morgan fingerprint density at radius 1 is 1.10 bits per heavy atom. The number of fused-ring (bicyclic) bond motifs is 1. The number of carbonyl (C=O) groups is 2. The van der Waals surface area contributed by atoms with Crippen LogP contribution < -0.4 is 25.9 Å². The van der Waals surface area contributed by atoms with E-state index in [9.17, 15) is 19.1 Å². The normalized spacial score (nSPS) is 11.8. The number of methoxy groups -OCH3 is 1. The number of allylic oxidation sites excluding steroid dienone is 1. The minimum Gasteiger partial charge on any atom is -0.497 e. The first-order chi connectivity index (χ1) is 20.2. The molecule has 11 heteroatoms. The molecule has 0 fully saturated rings. The number of hydrazine groups is 1. The van der Waals surface area contributed by atoms with Gasteiger partial charge in [0.15, 0.2) is 17.9 Å². The zero-order valence-corrected chi connectivity index (χ0v) is 23.6. The molecule has 10 nitrogen and oxygen atoms in total. The fraction of sp³-hybridized carbons (Fsp3) is 0.194. The number of hydrogen-bond acceptors (Lipinski definition) is 9. The van der Waals surface area contributed by atoms with Crippen LogP contribution in [0.5, 0.6) is 17.2 Å². The lowest BCUT2D eigenvalue weighted by Crippen LogP contribution is -2.49. The van der Waals surface area contributed by atoms with Crippen LogP contribution >= 0.6 is 0 Å². The quantitative estimate of drug-likeness (QED) is 0.0636. The van der Waals surface area contributed by atoms with E-state index in [1.807, 2.05) is 12.1 Å². The highest BCUT2D eigenvalue weighted by Crippen LogP contribution is 2.32. The number of likely N-dealkylation sites (N-methyl/N-ethyl adjacent to an activating group) is 1. The molecule has 0 aliphatic heterocycles. The number of anilines is 2. The molecular weight excluding hydrogens is 541 g/mol. The highest BCUT2D eigenvalue weighted by Gasteiger charge is 2.24. The van der Waals surface area contributed by atoms with Gasteiger partial charge in [0.05, 0.1) is 30.0 Å². The number of aldehydes is 1. The Labute approximate surface area is 243 Å². The van der Waals surface area contributed by atoms with Crippen molar-refractivity contribution in [2.45, 2.75) is 13.0 Å². The number of carbonyl (C=O) groups excluding carboxylic acids is 2. The lowest BCUT2D eigenvalue weighted by Gasteiger charge is -2.33. The third-order valence-corrected chi connectivity index (χ3v) is 6.05. The van der Waals surface area contributed by atoms with Gasteiger partial charge in [0.2, 0.25) is 0 Å². The summed E-state index contributed by atoms with van der Waals surface area (Å²) in [5.74, 6) is 0.378. The smallest absolute Gasteiger partial charge is 0.275 e. The Balaban J connectivity index is 0.000000230. The number of rotatable bonds is 10. The first-order valence-electron chi connectivity index (χ1n) is 13.0. The molecule has 4 aromatic rings. The van der Waals surface area contributed by atoms with Crippen molar-refractivity contribution >= 4 is 34.5 Å². The lowest BCUT2D eigenvalue weighted by molar-refractivity contribution is -0.119. The molecule has 42 heavy (non-hydrogen) atoms. The van der Waals surface area contributed by atoms with Crippen molar-refractivity contribution in [1.82, 2.24) is 9.99 Å². The summed E-state index contributed by atoms with van der Waals surface area (Å²) in [5.41, 5.74) is 12.6. The molecule has 0 aliphatic carbocycles. The summed E-state index contributed by atoms with van der Waals surface area (Å²) in [6.45, 7) is 1.89. The fourth-order valence-corrected chi connectivity index (χ4v) is 3.90. The van der Waals surface area contributed by atoms with E-state index >= 15 is 0 Å². The number of aliphatic hydroxyl groups excluding tert-OH is 1. The van der Waals surface area contributed by atoms with Crippen molar-refractivity contribution < 1.29 is 28.6 Å². The van der Waals surface area contributed by atoms with Crippen LogP contribution in [-0.2, 0) is 9.59 Å². The maximum atomic E-state index is 13.8. The Hall–Kier alpha value is -4.84. The van der Waals surface area contributed by atoms with Crippen LogP contribution in [0.2, 0.25) is 0 Å². The molecule has 1 amide bonds. The summed E-state index contributed by atoms with van der Waals surface area (Å²) < 4.78 is 24.6. The first kappa shape index (κ1) is 31.7. The van der Waals surface area contributed by atoms with Gasteiger partial charge in [-0.2, -0.15) is 0 Å². The van der Waals surface area contributed by atoms with Crippen LogP contribution in [-0.4, -0.2) is 60.6 Å². The van der Waals surface area contributed by atoms with Crippen molar-refractivity contribution in [1.29, 1.82) is 0 Å². The Morgan fingerprint density at radius 3 is 2.45 bits per heavy atom. The summed E-state index contributed by atoms with van der Waals surface area (Å²) in [4.78, 5) is 27.8. The van der Waals surface area contributed by atoms with Gasteiger partial charge < -0.3 is 26.0 Å². The maximum Gasteiger partial charge on any atom is 0.275 e. The number of halogens is 1. The second kappa shape index (κ2) is 15.2.